The number of nitrogens with one attached hydrogen (secondary N) is 1. The molecule has 1 aliphatic heterocycles. The van der Waals surface area contributed by atoms with E-state index in [4.69, 9.17) is 11.6 Å². The minimum Gasteiger partial charge on any atom is -0.352 e. The van der Waals surface area contributed by atoms with Crippen LogP contribution < -0.4 is 5.32 Å². The predicted molar refractivity (Wildman–Crippen MR) is 68.3 cm³/mol. The Labute approximate surface area is 110 Å². The maximum atomic E-state index is 11.7. The SMILES string of the molecule is O=C(NCC1CCS(=O)(=O)C1)c1ccc(Cl)nc1. The Morgan fingerprint density at radius 3 is 2.83 bits per heavy atom. The lowest BCUT2D eigenvalue weighted by atomic mass is 10.1. The second-order valence-corrected chi connectivity index (χ2v) is 6.96. The fourth-order valence-electron chi connectivity index (χ4n) is 1.88. The summed E-state index contributed by atoms with van der Waals surface area (Å²) in [5, 5.41) is 3.04. The number of hydrogen-bond acceptors (Lipinski definition) is 4. The van der Waals surface area contributed by atoms with E-state index in [0.717, 1.165) is 0 Å². The first kappa shape index (κ1) is 13.3. The quantitative estimate of drug-likeness (QED) is 0.839. The topological polar surface area (TPSA) is 76.1 Å². The van der Waals surface area contributed by atoms with Crippen LogP contribution in [0.15, 0.2) is 18.3 Å². The van der Waals surface area contributed by atoms with E-state index in [1.54, 1.807) is 6.07 Å². The van der Waals surface area contributed by atoms with Crippen LogP contribution in [0.25, 0.3) is 0 Å². The molecule has 7 heteroatoms. The Bertz CT molecular complexity index is 542. The maximum Gasteiger partial charge on any atom is 0.252 e. The molecule has 98 valence electrons. The zero-order valence-electron chi connectivity index (χ0n) is 9.60. The predicted octanol–water partition coefficient (Wildman–Crippen LogP) is 0.900. The molecular formula is C11H13ClN2O3S. The Hall–Kier alpha value is -1.14. The molecule has 1 unspecified atom stereocenters. The Morgan fingerprint density at radius 1 is 1.50 bits per heavy atom. The molecule has 2 heterocycles. The van der Waals surface area contributed by atoms with Crippen molar-refractivity contribution in [3.8, 4) is 0 Å². The summed E-state index contributed by atoms with van der Waals surface area (Å²) in [5.74, 6) is 0.130. The van der Waals surface area contributed by atoms with E-state index in [9.17, 15) is 13.2 Å². The summed E-state index contributed by atoms with van der Waals surface area (Å²) in [6, 6.07) is 3.12. The van der Waals surface area contributed by atoms with Gasteiger partial charge < -0.3 is 5.32 Å². The normalized spacial score (nSPS) is 21.7. The largest absolute Gasteiger partial charge is 0.352 e. The van der Waals surface area contributed by atoms with Crippen LogP contribution in [0, 0.1) is 5.92 Å². The van der Waals surface area contributed by atoms with Gasteiger partial charge in [0.2, 0.25) is 0 Å². The van der Waals surface area contributed by atoms with Crippen molar-refractivity contribution in [2.24, 2.45) is 5.92 Å². The van der Waals surface area contributed by atoms with E-state index in [2.05, 4.69) is 10.3 Å². The molecule has 1 aromatic rings. The molecule has 0 aromatic carbocycles. The average molecular weight is 289 g/mol. The number of pyridine rings is 1. The van der Waals surface area contributed by atoms with Crippen molar-refractivity contribution in [3.05, 3.63) is 29.0 Å². The molecule has 2 rings (SSSR count). The van der Waals surface area contributed by atoms with Crippen molar-refractivity contribution in [1.82, 2.24) is 10.3 Å². The van der Waals surface area contributed by atoms with Crippen molar-refractivity contribution in [2.45, 2.75) is 6.42 Å². The number of aromatic nitrogens is 1. The lowest BCUT2D eigenvalue weighted by molar-refractivity contribution is 0.0948. The number of rotatable bonds is 3. The highest BCUT2D eigenvalue weighted by molar-refractivity contribution is 7.91. The zero-order valence-corrected chi connectivity index (χ0v) is 11.2. The molecule has 1 aliphatic rings. The van der Waals surface area contributed by atoms with Crippen molar-refractivity contribution in [1.29, 1.82) is 0 Å². The molecule has 1 N–H and O–H groups in total. The summed E-state index contributed by atoms with van der Waals surface area (Å²) in [7, 11) is -2.89. The summed E-state index contributed by atoms with van der Waals surface area (Å²) in [5.41, 5.74) is 0.417. The molecule has 0 saturated carbocycles. The first-order valence-corrected chi connectivity index (χ1v) is 7.76. The van der Waals surface area contributed by atoms with E-state index in [1.807, 2.05) is 0 Å². The molecule has 18 heavy (non-hydrogen) atoms. The van der Waals surface area contributed by atoms with Gasteiger partial charge in [0, 0.05) is 12.7 Å². The van der Waals surface area contributed by atoms with Crippen LogP contribution >= 0.6 is 11.6 Å². The van der Waals surface area contributed by atoms with Crippen molar-refractivity contribution < 1.29 is 13.2 Å². The number of hydrogen-bond donors (Lipinski definition) is 1. The molecule has 1 saturated heterocycles. The number of carbonyl (C=O) groups excluding carboxylic acids is 1. The minimum atomic E-state index is -2.89. The number of amides is 1. The monoisotopic (exact) mass is 288 g/mol. The first-order chi connectivity index (χ1) is 8.46. The van der Waals surface area contributed by atoms with Gasteiger partial charge in [-0.25, -0.2) is 13.4 Å². The number of sulfone groups is 1. The summed E-state index contributed by atoms with van der Waals surface area (Å²) in [6.45, 7) is 0.376. The number of carbonyl (C=O) groups is 1. The van der Waals surface area contributed by atoms with E-state index in [0.29, 0.717) is 23.7 Å². The fourth-order valence-corrected chi connectivity index (χ4v) is 3.86. The van der Waals surface area contributed by atoms with Gasteiger partial charge in [-0.15, -0.1) is 0 Å². The van der Waals surface area contributed by atoms with Gasteiger partial charge in [-0.3, -0.25) is 4.79 Å². The van der Waals surface area contributed by atoms with Gasteiger partial charge in [0.05, 0.1) is 17.1 Å². The summed E-state index contributed by atoms with van der Waals surface area (Å²) >= 11 is 5.62. The van der Waals surface area contributed by atoms with Crippen molar-refractivity contribution in [2.75, 3.05) is 18.1 Å². The lowest BCUT2D eigenvalue weighted by Crippen LogP contribution is -2.29. The van der Waals surface area contributed by atoms with Crippen LogP contribution in [0.4, 0.5) is 0 Å². The van der Waals surface area contributed by atoms with Crippen molar-refractivity contribution in [3.63, 3.8) is 0 Å². The summed E-state index contributed by atoms with van der Waals surface area (Å²) < 4.78 is 22.5. The fraction of sp³-hybridized carbons (Fsp3) is 0.455. The number of nitrogens with zero attached hydrogens (tertiary/aromatic N) is 1. The Balaban J connectivity index is 1.87. The van der Waals surface area contributed by atoms with Gasteiger partial charge in [-0.2, -0.15) is 0 Å². The molecule has 0 aliphatic carbocycles. The standard InChI is InChI=1S/C11H13ClN2O3S/c12-10-2-1-9(6-13-10)11(15)14-5-8-3-4-18(16,17)7-8/h1-2,6,8H,3-5,7H2,(H,14,15). The van der Waals surface area contributed by atoms with Gasteiger partial charge in [0.15, 0.2) is 9.84 Å². The molecule has 5 nitrogen and oxygen atoms in total. The van der Waals surface area contributed by atoms with E-state index < -0.39 is 9.84 Å². The first-order valence-electron chi connectivity index (χ1n) is 5.56. The third-order valence-corrected chi connectivity index (χ3v) is 4.93. The smallest absolute Gasteiger partial charge is 0.252 e. The highest BCUT2D eigenvalue weighted by Crippen LogP contribution is 2.17. The minimum absolute atomic E-state index is 0.0132. The van der Waals surface area contributed by atoms with Crippen LogP contribution in [0.3, 0.4) is 0 Å². The van der Waals surface area contributed by atoms with E-state index in [-0.39, 0.29) is 23.3 Å². The second kappa shape index (κ2) is 5.24. The molecule has 1 atom stereocenters. The molecule has 1 amide bonds. The Morgan fingerprint density at radius 2 is 2.28 bits per heavy atom. The summed E-state index contributed by atoms with van der Waals surface area (Å²) in [4.78, 5) is 15.5. The molecule has 1 aromatic heterocycles. The Kier molecular flexibility index (Phi) is 3.87. The third-order valence-electron chi connectivity index (χ3n) is 2.87. The van der Waals surface area contributed by atoms with Crippen LogP contribution in [0.5, 0.6) is 0 Å². The average Bonchev–Trinajstić information content (AvgIpc) is 2.67. The van der Waals surface area contributed by atoms with Gasteiger partial charge in [-0.1, -0.05) is 11.6 Å². The number of halogens is 1. The molecule has 1 fully saturated rings. The lowest BCUT2D eigenvalue weighted by Gasteiger charge is -2.09. The highest BCUT2D eigenvalue weighted by atomic mass is 35.5. The van der Waals surface area contributed by atoms with Gasteiger partial charge in [-0.05, 0) is 24.5 Å². The van der Waals surface area contributed by atoms with E-state index in [1.165, 1.54) is 12.3 Å². The summed E-state index contributed by atoms with van der Waals surface area (Å²) in [6.07, 6.45) is 2.00. The molecule has 0 bridgehead atoms. The second-order valence-electron chi connectivity index (χ2n) is 4.35. The van der Waals surface area contributed by atoms with Gasteiger partial charge in [0.25, 0.3) is 5.91 Å². The van der Waals surface area contributed by atoms with E-state index >= 15 is 0 Å². The maximum absolute atomic E-state index is 11.7. The third kappa shape index (κ3) is 3.43. The van der Waals surface area contributed by atoms with Crippen molar-refractivity contribution >= 4 is 27.3 Å². The van der Waals surface area contributed by atoms with Crippen LogP contribution in [0.2, 0.25) is 5.15 Å². The van der Waals surface area contributed by atoms with Crippen LogP contribution in [-0.4, -0.2) is 37.4 Å². The van der Waals surface area contributed by atoms with Gasteiger partial charge >= 0.3 is 0 Å². The van der Waals surface area contributed by atoms with Crippen LogP contribution in [0.1, 0.15) is 16.8 Å². The van der Waals surface area contributed by atoms with Gasteiger partial charge in [0.1, 0.15) is 5.15 Å². The molecule has 0 radical (unpaired) electrons. The highest BCUT2D eigenvalue weighted by Gasteiger charge is 2.27. The van der Waals surface area contributed by atoms with Crippen LogP contribution in [-0.2, 0) is 9.84 Å². The zero-order chi connectivity index (χ0) is 13.2. The molecular weight excluding hydrogens is 276 g/mol. The molecule has 0 spiro atoms.